The van der Waals surface area contributed by atoms with Gasteiger partial charge in [-0.25, -0.2) is 0 Å². The molecule has 0 N–H and O–H groups in total. The van der Waals surface area contributed by atoms with Crippen molar-refractivity contribution in [1.29, 1.82) is 0 Å². The van der Waals surface area contributed by atoms with Crippen LogP contribution in [0.5, 0.6) is 0 Å². The van der Waals surface area contributed by atoms with Gasteiger partial charge in [0, 0.05) is 0 Å². The Balaban J connectivity index is 2.67. The highest BCUT2D eigenvalue weighted by molar-refractivity contribution is 7.59. The molecule has 0 amide bonds. The van der Waals surface area contributed by atoms with Crippen LogP contribution >= 0.6 is 7.55 Å². The van der Waals surface area contributed by atoms with E-state index in [2.05, 4.69) is 6.66 Å². The first-order valence-corrected chi connectivity index (χ1v) is 4.41. The Labute approximate surface area is 44.1 Å². The van der Waals surface area contributed by atoms with Crippen molar-refractivity contribution >= 4 is 19.1 Å². The van der Waals surface area contributed by atoms with Crippen molar-refractivity contribution in [1.82, 2.24) is 0 Å². The summed E-state index contributed by atoms with van der Waals surface area (Å²) < 4.78 is 0. The minimum absolute atomic E-state index is 0.0211. The number of rotatable bonds is 0. The van der Waals surface area contributed by atoms with Gasteiger partial charge in [-0.2, -0.15) is 0 Å². The smallest absolute Gasteiger partial charge is 0.201 e. The predicted molar refractivity (Wildman–Crippen MR) is 33.4 cm³/mol. The molecule has 1 rings (SSSR count). The lowest BCUT2D eigenvalue weighted by molar-refractivity contribution is -0.111. The molecule has 0 bridgehead atoms. The Hall–Kier alpha value is -0.160. The third-order valence-corrected chi connectivity index (χ3v) is 2.73. The average molecular weight is 115 g/mol. The van der Waals surface area contributed by atoms with E-state index in [1.165, 1.54) is 0 Å². The molecule has 1 unspecified atom stereocenters. The third kappa shape index (κ3) is 1.10. The molecule has 0 aromatic heterocycles. The van der Waals surface area contributed by atoms with E-state index >= 15 is 0 Å². The van der Waals surface area contributed by atoms with Gasteiger partial charge in [-0.15, -0.1) is 0 Å². The highest BCUT2D eigenvalue weighted by atomic mass is 31.1. The molecule has 1 aliphatic rings. The summed E-state index contributed by atoms with van der Waals surface area (Å²) >= 11 is 0. The minimum Gasteiger partial charge on any atom is -0.290 e. The van der Waals surface area contributed by atoms with Gasteiger partial charge in [0.15, 0.2) is 5.80 Å². The van der Waals surface area contributed by atoms with E-state index in [1.54, 1.807) is 0 Å². The van der Waals surface area contributed by atoms with Crippen molar-refractivity contribution in [2.45, 2.75) is 6.42 Å². The zero-order valence-corrected chi connectivity index (χ0v) is 5.24. The molecule has 7 heavy (non-hydrogen) atoms. The lowest BCUT2D eigenvalue weighted by Crippen LogP contribution is -1.89. The van der Waals surface area contributed by atoms with Gasteiger partial charge in [0.2, 0.25) is 5.78 Å². The van der Waals surface area contributed by atoms with E-state index in [0.717, 1.165) is 12.6 Å². The molecule has 0 aromatic carbocycles. The lowest BCUT2D eigenvalue weighted by Gasteiger charge is -1.67. The van der Waals surface area contributed by atoms with Crippen molar-refractivity contribution in [3.05, 3.63) is 0 Å². The van der Waals surface area contributed by atoms with Crippen LogP contribution in [0.3, 0.4) is 0 Å². The molecular weight excluding hydrogens is 107 g/mol. The fraction of sp³-hybridized carbons (Fsp3) is 0.600. The molecule has 38 valence electrons. The van der Waals surface area contributed by atoms with Gasteiger partial charge < -0.3 is 0 Å². The molecular formula is C5H8OP+. The molecule has 0 radical (unpaired) electrons. The number of Topliss-reactive ketones (excluding diaryl/α,β-unsaturated/α-hetero) is 1. The van der Waals surface area contributed by atoms with Crippen LogP contribution in [0.2, 0.25) is 0 Å². The monoisotopic (exact) mass is 115 g/mol. The second-order valence-electron chi connectivity index (χ2n) is 1.83. The van der Waals surface area contributed by atoms with Gasteiger partial charge in [-0.3, -0.25) is 4.79 Å². The molecule has 0 saturated carbocycles. The summed E-state index contributed by atoms with van der Waals surface area (Å²) in [5.41, 5.74) is 0. The van der Waals surface area contributed by atoms with Crippen molar-refractivity contribution in [2.75, 3.05) is 12.8 Å². The maximum atomic E-state index is 10.4. The standard InChI is InChI=1S/C5H8OP/c1-7-3-2-5(6)4-7/h4H,2-3H2,1H3/q+1. The Morgan fingerprint density at radius 2 is 2.57 bits per heavy atom. The summed E-state index contributed by atoms with van der Waals surface area (Å²) in [5.74, 6) is 2.23. The fourth-order valence-electron chi connectivity index (χ4n) is 0.661. The number of carbonyl (C=O) groups is 1. The van der Waals surface area contributed by atoms with Crippen LogP contribution in [0, 0.1) is 0 Å². The maximum Gasteiger partial charge on any atom is 0.201 e. The number of ketones is 1. The topological polar surface area (TPSA) is 17.1 Å². The second-order valence-corrected chi connectivity index (χ2v) is 4.05. The highest BCUT2D eigenvalue weighted by Gasteiger charge is 2.16. The van der Waals surface area contributed by atoms with Gasteiger partial charge in [0.1, 0.15) is 6.16 Å². The summed E-state index contributed by atoms with van der Waals surface area (Å²) in [6, 6.07) is 0. The first-order valence-electron chi connectivity index (χ1n) is 2.37. The van der Waals surface area contributed by atoms with Crippen molar-refractivity contribution in [3.63, 3.8) is 0 Å². The van der Waals surface area contributed by atoms with Crippen molar-refractivity contribution in [2.24, 2.45) is 0 Å². The molecule has 0 spiro atoms. The zero-order chi connectivity index (χ0) is 5.28. The molecule has 1 heterocycles. The van der Waals surface area contributed by atoms with Crippen LogP contribution in [-0.4, -0.2) is 24.4 Å². The van der Waals surface area contributed by atoms with Crippen LogP contribution in [0.25, 0.3) is 0 Å². The Morgan fingerprint density at radius 1 is 1.86 bits per heavy atom. The van der Waals surface area contributed by atoms with Gasteiger partial charge in [-0.05, 0) is 0 Å². The average Bonchev–Trinajstić information content (AvgIpc) is 1.87. The molecule has 0 fully saturated rings. The molecule has 1 nitrogen and oxygen atoms in total. The second kappa shape index (κ2) is 1.75. The quantitative estimate of drug-likeness (QED) is 0.428. The van der Waals surface area contributed by atoms with Gasteiger partial charge >= 0.3 is 0 Å². The molecule has 0 aliphatic carbocycles. The SMILES string of the molecule is C[P+]1=CC(=O)CC1. The van der Waals surface area contributed by atoms with Crippen molar-refractivity contribution < 1.29 is 4.79 Å². The summed E-state index contributed by atoms with van der Waals surface area (Å²) in [7, 11) is 0.0211. The highest BCUT2D eigenvalue weighted by Crippen LogP contribution is 2.22. The number of hydrogen-bond acceptors (Lipinski definition) is 1. The van der Waals surface area contributed by atoms with Gasteiger partial charge in [0.05, 0.1) is 20.6 Å². The third-order valence-electron chi connectivity index (χ3n) is 1.08. The van der Waals surface area contributed by atoms with E-state index in [1.807, 2.05) is 5.80 Å². The fourth-order valence-corrected chi connectivity index (χ4v) is 1.98. The lowest BCUT2D eigenvalue weighted by atomic mass is 10.4. The minimum atomic E-state index is 0.0211. The van der Waals surface area contributed by atoms with Crippen LogP contribution in [0.15, 0.2) is 0 Å². The first kappa shape index (κ1) is 4.99. The molecule has 1 atom stereocenters. The summed E-state index contributed by atoms with van der Waals surface area (Å²) in [6.07, 6.45) is 1.94. The molecule has 1 aliphatic heterocycles. The Kier molecular flexibility index (Phi) is 1.25. The maximum absolute atomic E-state index is 10.4. The molecule has 2 heteroatoms. The first-order chi connectivity index (χ1) is 3.29. The zero-order valence-electron chi connectivity index (χ0n) is 4.35. The van der Waals surface area contributed by atoms with E-state index in [0.29, 0.717) is 5.78 Å². The Morgan fingerprint density at radius 3 is 2.71 bits per heavy atom. The van der Waals surface area contributed by atoms with Crippen LogP contribution in [0.1, 0.15) is 6.42 Å². The molecule has 0 aromatic rings. The van der Waals surface area contributed by atoms with Crippen LogP contribution in [-0.2, 0) is 4.79 Å². The predicted octanol–water partition coefficient (Wildman–Crippen LogP) is 0.873. The van der Waals surface area contributed by atoms with E-state index < -0.39 is 0 Å². The Bertz CT molecular complexity index is 126. The number of hydrogen-bond donors (Lipinski definition) is 0. The van der Waals surface area contributed by atoms with E-state index in [-0.39, 0.29) is 7.55 Å². The van der Waals surface area contributed by atoms with E-state index in [4.69, 9.17) is 0 Å². The largest absolute Gasteiger partial charge is 0.290 e. The van der Waals surface area contributed by atoms with Crippen LogP contribution < -0.4 is 0 Å². The summed E-state index contributed by atoms with van der Waals surface area (Å²) in [5, 5.41) is 0. The van der Waals surface area contributed by atoms with Gasteiger partial charge in [-0.1, -0.05) is 0 Å². The normalized spacial score (nSPS) is 25.3. The van der Waals surface area contributed by atoms with Crippen LogP contribution in [0.4, 0.5) is 0 Å². The van der Waals surface area contributed by atoms with Crippen molar-refractivity contribution in [3.8, 4) is 0 Å². The summed E-state index contributed by atoms with van der Waals surface area (Å²) in [4.78, 5) is 10.4. The molecule has 0 saturated heterocycles. The van der Waals surface area contributed by atoms with E-state index in [9.17, 15) is 4.79 Å². The van der Waals surface area contributed by atoms with Gasteiger partial charge in [0.25, 0.3) is 0 Å². The summed E-state index contributed by atoms with van der Waals surface area (Å²) in [6.45, 7) is 2.14. The number of carbonyl (C=O) groups excluding carboxylic acids is 1.